The van der Waals surface area contributed by atoms with Crippen LogP contribution in [0.25, 0.3) is 0 Å². The van der Waals surface area contributed by atoms with E-state index in [9.17, 15) is 0 Å². The summed E-state index contributed by atoms with van der Waals surface area (Å²) in [4.78, 5) is 0. The number of hydrogen-bond acceptors (Lipinski definition) is 0. The van der Waals surface area contributed by atoms with Gasteiger partial charge in [-0.05, 0) is 11.2 Å². The van der Waals surface area contributed by atoms with Crippen LogP contribution in [0.15, 0.2) is 30.3 Å². The quantitative estimate of drug-likeness (QED) is 0.201. The lowest BCUT2D eigenvalue weighted by atomic mass is 10.1. The summed E-state index contributed by atoms with van der Waals surface area (Å²) in [6, 6.07) is 12.5. The molecule has 17 heavy (non-hydrogen) atoms. The van der Waals surface area contributed by atoms with Gasteiger partial charge in [0.05, 0.1) is 0 Å². The second kappa shape index (κ2) is 8.91. The molecule has 0 aliphatic rings. The van der Waals surface area contributed by atoms with Gasteiger partial charge >= 0.3 is 0 Å². The molecule has 1 aromatic rings. The largest absolute Gasteiger partial charge is 0.221 e. The van der Waals surface area contributed by atoms with Crippen molar-refractivity contribution in [3.63, 3.8) is 0 Å². The third-order valence-electron chi connectivity index (χ3n) is 3.04. The minimum Gasteiger partial charge on any atom is -0.0984 e. The average molecular weight is 472 g/mol. The van der Waals surface area contributed by atoms with Crippen molar-refractivity contribution in [2.45, 2.75) is 51.5 Å². The minimum atomic E-state index is -1.21. The summed E-state index contributed by atoms with van der Waals surface area (Å²) in [6.07, 6.45) is 8.46. The molecule has 0 atom stereocenters. The molecule has 1 rings (SSSR count). The van der Waals surface area contributed by atoms with Crippen LogP contribution in [0.2, 0.25) is 6.04 Å². The van der Waals surface area contributed by atoms with E-state index in [0.717, 1.165) is 0 Å². The van der Waals surface area contributed by atoms with E-state index < -0.39 is 3.07 Å². The van der Waals surface area contributed by atoms with Crippen molar-refractivity contribution in [2.24, 2.45) is 0 Å². The van der Waals surface area contributed by atoms with Crippen molar-refractivity contribution in [1.29, 1.82) is 0 Å². The highest BCUT2D eigenvalue weighted by molar-refractivity contribution is 14.3. The molecular weight excluding hydrogens is 450 g/mol. The fraction of sp³-hybridized carbons (Fsp3) is 0.571. The van der Waals surface area contributed by atoms with Gasteiger partial charge in [-0.15, -0.1) is 0 Å². The lowest BCUT2D eigenvalue weighted by Gasteiger charge is -2.18. The van der Waals surface area contributed by atoms with E-state index in [1.54, 1.807) is 5.19 Å². The predicted molar refractivity (Wildman–Crippen MR) is 98.1 cm³/mol. The Kier molecular flexibility index (Phi) is 8.36. The van der Waals surface area contributed by atoms with Gasteiger partial charge < -0.3 is 0 Å². The first-order valence-corrected chi connectivity index (χ1v) is 15.0. The van der Waals surface area contributed by atoms with E-state index in [-0.39, 0.29) is 0 Å². The Morgan fingerprint density at radius 3 is 2.12 bits per heavy atom. The van der Waals surface area contributed by atoms with E-state index >= 15 is 0 Å². The van der Waals surface area contributed by atoms with Crippen LogP contribution in [-0.2, 0) is 0 Å². The molecule has 1 aromatic carbocycles. The van der Waals surface area contributed by atoms with E-state index in [0.29, 0.717) is 0 Å². The van der Waals surface area contributed by atoms with E-state index in [2.05, 4.69) is 80.8 Å². The normalized spacial score (nSPS) is 11.7. The van der Waals surface area contributed by atoms with Gasteiger partial charge in [-0.2, -0.15) is 0 Å². The van der Waals surface area contributed by atoms with Crippen LogP contribution >= 0.6 is 43.6 Å². The summed E-state index contributed by atoms with van der Waals surface area (Å²) >= 11 is 5.47. The Labute approximate surface area is 132 Å². The van der Waals surface area contributed by atoms with E-state index in [4.69, 9.17) is 0 Å². The van der Waals surface area contributed by atoms with Crippen molar-refractivity contribution in [3.8, 4) is 0 Å². The topological polar surface area (TPSA) is 0 Å². The molecule has 0 heterocycles. The fourth-order valence-electron chi connectivity index (χ4n) is 1.95. The molecule has 0 saturated carbocycles. The first kappa shape index (κ1) is 16.0. The highest BCUT2D eigenvalue weighted by Gasteiger charge is 2.27. The monoisotopic (exact) mass is 472 g/mol. The van der Waals surface area contributed by atoms with Gasteiger partial charge in [0.15, 0.2) is 0 Å². The maximum Gasteiger partial charge on any atom is 0.221 e. The maximum atomic E-state index is 2.74. The molecule has 0 unspecified atom stereocenters. The number of halogens is 2. The maximum absolute atomic E-state index is 2.74. The third-order valence-corrected chi connectivity index (χ3v) is 12.2. The van der Waals surface area contributed by atoms with Crippen LogP contribution in [0.5, 0.6) is 0 Å². The molecule has 3 heteroatoms. The highest BCUT2D eigenvalue weighted by atomic mass is 127. The van der Waals surface area contributed by atoms with Crippen LogP contribution in [0.4, 0.5) is 0 Å². The van der Waals surface area contributed by atoms with Crippen LogP contribution in [0, 0.1) is 0 Å². The van der Waals surface area contributed by atoms with Gasteiger partial charge in [0, 0.05) is 0 Å². The number of unbranched alkanes of at least 4 members (excludes halogenated alkanes) is 5. The molecule has 0 bridgehead atoms. The molecule has 0 amide bonds. The average Bonchev–Trinajstić information content (AvgIpc) is 2.35. The van der Waals surface area contributed by atoms with E-state index in [1.807, 2.05) is 0 Å². The van der Waals surface area contributed by atoms with Crippen molar-refractivity contribution < 1.29 is 0 Å². The van der Waals surface area contributed by atoms with Crippen molar-refractivity contribution in [2.75, 3.05) is 0 Å². The molecule has 0 N–H and O–H groups in total. The summed E-state index contributed by atoms with van der Waals surface area (Å²) in [6.45, 7) is 2.28. The fourth-order valence-corrected chi connectivity index (χ4v) is 8.06. The van der Waals surface area contributed by atoms with Gasteiger partial charge in [-0.3, -0.25) is 0 Å². The van der Waals surface area contributed by atoms with E-state index in [1.165, 1.54) is 44.6 Å². The van der Waals surface area contributed by atoms with Gasteiger partial charge in [0.2, 0.25) is 3.07 Å². The van der Waals surface area contributed by atoms with Crippen LogP contribution < -0.4 is 5.19 Å². The molecule has 0 saturated heterocycles. The summed E-state index contributed by atoms with van der Waals surface area (Å²) < 4.78 is -1.21. The summed E-state index contributed by atoms with van der Waals surface area (Å²) in [5.74, 6) is 0. The van der Waals surface area contributed by atoms with Gasteiger partial charge in [-0.25, -0.2) is 0 Å². The minimum absolute atomic E-state index is 1.21. The highest BCUT2D eigenvalue weighted by Crippen LogP contribution is 2.29. The third kappa shape index (κ3) is 6.57. The Morgan fingerprint density at radius 2 is 1.47 bits per heavy atom. The van der Waals surface area contributed by atoms with Crippen LogP contribution in [0.3, 0.4) is 0 Å². The summed E-state index contributed by atoms with van der Waals surface area (Å²) in [5.41, 5.74) is 0. The van der Waals surface area contributed by atoms with Gasteiger partial charge in [0.1, 0.15) is 0 Å². The zero-order valence-corrected chi connectivity index (χ0v) is 15.9. The lowest BCUT2D eigenvalue weighted by molar-refractivity contribution is 0.624. The van der Waals surface area contributed by atoms with Crippen molar-refractivity contribution in [3.05, 3.63) is 30.3 Å². The molecule has 0 aromatic heterocycles. The predicted octanol–water partition coefficient (Wildman–Crippen LogP) is 5.57. The second-order valence-corrected chi connectivity index (χ2v) is 24.3. The van der Waals surface area contributed by atoms with Crippen molar-refractivity contribution >= 4 is 51.8 Å². The standard InChI is InChI=1S/C14H22I2Si/c1-2-3-4-5-6-10-13-17(15,16)14-11-8-7-9-12-14/h7-9,11-12H,2-6,10,13H2,1H3. The first-order chi connectivity index (χ1) is 8.17. The van der Waals surface area contributed by atoms with Gasteiger partial charge in [-0.1, -0.05) is 119 Å². The molecular formula is C14H22I2Si. The molecule has 96 valence electrons. The first-order valence-electron chi connectivity index (χ1n) is 6.60. The van der Waals surface area contributed by atoms with Crippen LogP contribution in [0.1, 0.15) is 45.4 Å². The lowest BCUT2D eigenvalue weighted by Crippen LogP contribution is -2.34. The Morgan fingerprint density at radius 1 is 0.882 bits per heavy atom. The summed E-state index contributed by atoms with van der Waals surface area (Å²) in [5, 5.41) is 1.59. The Hall–Kier alpha value is 0.897. The molecule has 0 spiro atoms. The molecule has 0 fully saturated rings. The number of hydrogen-bond donors (Lipinski definition) is 0. The zero-order valence-electron chi connectivity index (χ0n) is 10.6. The molecule has 0 radical (unpaired) electrons. The molecule has 0 nitrogen and oxygen atoms in total. The SMILES string of the molecule is CCCCCCCC[Si](I)(I)c1ccccc1. The molecule has 0 aliphatic carbocycles. The number of rotatable bonds is 8. The molecule has 0 aliphatic heterocycles. The van der Waals surface area contributed by atoms with Crippen molar-refractivity contribution in [1.82, 2.24) is 0 Å². The summed E-state index contributed by atoms with van der Waals surface area (Å²) in [7, 11) is 0. The second-order valence-electron chi connectivity index (χ2n) is 4.59. The van der Waals surface area contributed by atoms with Gasteiger partial charge in [0.25, 0.3) is 0 Å². The smallest absolute Gasteiger partial charge is 0.0984 e. The number of benzene rings is 1. The zero-order chi connectivity index (χ0) is 12.6. The Balaban J connectivity index is 2.26. The Bertz CT molecular complexity index is 298. The van der Waals surface area contributed by atoms with Crippen LogP contribution in [-0.4, -0.2) is 3.07 Å².